The van der Waals surface area contributed by atoms with Crippen LogP contribution in [-0.2, 0) is 28.7 Å². The number of amides is 5. The van der Waals surface area contributed by atoms with Gasteiger partial charge in [0.2, 0.25) is 11.8 Å². The van der Waals surface area contributed by atoms with Crippen LogP contribution < -0.4 is 15.4 Å². The maximum atomic E-state index is 14.7. The topological polar surface area (TPSA) is 177 Å². The van der Waals surface area contributed by atoms with Crippen LogP contribution in [0.4, 0.5) is 9.18 Å². The zero-order valence-corrected chi connectivity index (χ0v) is 28.9. The highest BCUT2D eigenvalue weighted by Gasteiger charge is 2.35. The third-order valence-electron chi connectivity index (χ3n) is 8.52. The Labute approximate surface area is 289 Å². The molecule has 0 bridgehead atoms. The molecule has 1 aromatic carbocycles. The number of nitrogens with zero attached hydrogens (tertiary/aromatic N) is 4. The van der Waals surface area contributed by atoms with E-state index in [2.05, 4.69) is 15.6 Å². The van der Waals surface area contributed by atoms with Crippen molar-refractivity contribution in [3.8, 4) is 5.75 Å². The lowest BCUT2D eigenvalue weighted by molar-refractivity contribution is -0.143. The highest BCUT2D eigenvalue weighted by Crippen LogP contribution is 2.29. The molecule has 0 unspecified atom stereocenters. The molecule has 0 saturated carbocycles. The van der Waals surface area contributed by atoms with Crippen LogP contribution in [0.5, 0.6) is 5.75 Å². The molecule has 2 N–H and O–H groups in total. The number of carbonyl (C=O) groups excluding carboxylic acids is 6. The summed E-state index contributed by atoms with van der Waals surface area (Å²) in [5.74, 6) is -3.01. The summed E-state index contributed by atoms with van der Waals surface area (Å²) in [7, 11) is 0. The van der Waals surface area contributed by atoms with E-state index in [1.807, 2.05) is 0 Å². The Morgan fingerprint density at radius 2 is 1.66 bits per heavy atom. The smallest absolute Gasteiger partial charge is 0.409 e. The van der Waals surface area contributed by atoms with E-state index in [1.54, 1.807) is 20.8 Å². The van der Waals surface area contributed by atoms with E-state index in [4.69, 9.17) is 14.2 Å². The predicted molar refractivity (Wildman–Crippen MR) is 178 cm³/mol. The van der Waals surface area contributed by atoms with Crippen LogP contribution in [0.2, 0.25) is 0 Å². The van der Waals surface area contributed by atoms with E-state index in [0.717, 1.165) is 0 Å². The zero-order chi connectivity index (χ0) is 36.4. The number of benzene rings is 1. The Balaban J connectivity index is 1.55. The third-order valence-corrected chi connectivity index (χ3v) is 8.52. The van der Waals surface area contributed by atoms with Gasteiger partial charge in [-0.25, -0.2) is 14.2 Å². The number of pyridine rings is 1. The van der Waals surface area contributed by atoms with E-state index in [9.17, 15) is 33.2 Å². The molecular weight excluding hydrogens is 655 g/mol. The fourth-order valence-electron chi connectivity index (χ4n) is 5.94. The summed E-state index contributed by atoms with van der Waals surface area (Å²) in [5, 5.41) is 5.64. The molecule has 16 heteroatoms. The van der Waals surface area contributed by atoms with Crippen molar-refractivity contribution < 1.29 is 47.4 Å². The number of aryl methyl sites for hydroxylation is 1. The van der Waals surface area contributed by atoms with Crippen LogP contribution in [-0.4, -0.2) is 127 Å². The van der Waals surface area contributed by atoms with Crippen LogP contribution in [0.25, 0.3) is 10.9 Å². The number of hydrogen-bond donors (Lipinski definition) is 2. The van der Waals surface area contributed by atoms with Crippen molar-refractivity contribution in [1.82, 2.24) is 30.3 Å². The minimum Gasteiger partial charge on any atom is -0.483 e. The number of piperazine rings is 1. The molecule has 272 valence electrons. The molecule has 2 aliphatic rings. The summed E-state index contributed by atoms with van der Waals surface area (Å²) in [5.41, 5.74) is 0.300. The molecule has 5 amide bonds. The van der Waals surface area contributed by atoms with Gasteiger partial charge >= 0.3 is 12.1 Å². The van der Waals surface area contributed by atoms with Gasteiger partial charge in [-0.05, 0) is 64.7 Å². The molecule has 0 radical (unpaired) electrons. The fourth-order valence-corrected chi connectivity index (χ4v) is 5.94. The quantitative estimate of drug-likeness (QED) is 0.294. The van der Waals surface area contributed by atoms with Gasteiger partial charge < -0.3 is 39.5 Å². The molecule has 15 nitrogen and oxygen atoms in total. The summed E-state index contributed by atoms with van der Waals surface area (Å²) in [6, 6.07) is 2.12. The minimum atomic E-state index is -1.15. The fraction of sp³-hybridized carbons (Fsp3) is 0.559. The van der Waals surface area contributed by atoms with Crippen LogP contribution in [0.1, 0.15) is 62.5 Å². The number of esters is 1. The van der Waals surface area contributed by atoms with Crippen molar-refractivity contribution >= 4 is 46.6 Å². The average Bonchev–Trinajstić information content (AvgIpc) is 3.60. The first kappa shape index (κ1) is 37.8. The van der Waals surface area contributed by atoms with E-state index in [-0.39, 0.29) is 86.1 Å². The van der Waals surface area contributed by atoms with E-state index in [1.165, 1.54) is 39.8 Å². The molecule has 2 saturated heterocycles. The van der Waals surface area contributed by atoms with Gasteiger partial charge in [0.25, 0.3) is 11.8 Å². The number of fused-ring (bicyclic) bond motifs is 1. The van der Waals surface area contributed by atoms with E-state index in [0.29, 0.717) is 25.9 Å². The first-order chi connectivity index (χ1) is 24.0. The maximum Gasteiger partial charge on any atom is 0.409 e. The zero-order valence-electron chi connectivity index (χ0n) is 28.9. The SMILES string of the molecule is CCNC(=O)[C@@H]1CCCN1C(=O)COc1cc(C(=O)N[C@@H](CCC(=O)OCC)C(=O)N2CCN(C(=O)OCC)CC2)nc2cc(C)c(F)cc12. The number of nitrogens with one attached hydrogen (secondary N) is 2. The maximum absolute atomic E-state index is 14.7. The lowest BCUT2D eigenvalue weighted by Crippen LogP contribution is -2.56. The second-order valence-electron chi connectivity index (χ2n) is 11.9. The molecule has 2 aliphatic heterocycles. The number of likely N-dealkylation sites (N-methyl/N-ethyl adjacent to an activating group) is 1. The summed E-state index contributed by atoms with van der Waals surface area (Å²) in [6.45, 7) is 8.20. The van der Waals surface area contributed by atoms with E-state index >= 15 is 0 Å². The van der Waals surface area contributed by atoms with Crippen LogP contribution in [0.15, 0.2) is 18.2 Å². The predicted octanol–water partition coefficient (Wildman–Crippen LogP) is 1.93. The number of ether oxygens (including phenoxy) is 3. The highest BCUT2D eigenvalue weighted by atomic mass is 19.1. The molecule has 0 spiro atoms. The second kappa shape index (κ2) is 17.6. The lowest BCUT2D eigenvalue weighted by Gasteiger charge is -2.36. The van der Waals surface area contributed by atoms with Gasteiger partial charge in [-0.1, -0.05) is 0 Å². The summed E-state index contributed by atoms with van der Waals surface area (Å²) < 4.78 is 30.7. The second-order valence-corrected chi connectivity index (χ2v) is 11.9. The Kier molecular flexibility index (Phi) is 13.3. The molecule has 1 aromatic heterocycles. The van der Waals surface area contributed by atoms with Gasteiger partial charge in [0, 0.05) is 57.1 Å². The van der Waals surface area contributed by atoms with Gasteiger partial charge in [-0.3, -0.25) is 24.0 Å². The number of aromatic nitrogens is 1. The van der Waals surface area contributed by atoms with E-state index < -0.39 is 54.3 Å². The van der Waals surface area contributed by atoms with Crippen LogP contribution in [0, 0.1) is 12.7 Å². The number of rotatable bonds is 13. The van der Waals surface area contributed by atoms with Crippen molar-refractivity contribution in [1.29, 1.82) is 0 Å². The summed E-state index contributed by atoms with van der Waals surface area (Å²) in [6.07, 6.45) is 0.465. The van der Waals surface area contributed by atoms with Crippen molar-refractivity contribution in [2.45, 2.75) is 65.5 Å². The Hall–Kier alpha value is -5.02. The largest absolute Gasteiger partial charge is 0.483 e. The molecule has 50 heavy (non-hydrogen) atoms. The number of likely N-dealkylation sites (tertiary alicyclic amines) is 1. The molecule has 3 heterocycles. The first-order valence-electron chi connectivity index (χ1n) is 16.9. The Bertz CT molecular complexity index is 1600. The Morgan fingerprint density at radius 3 is 2.34 bits per heavy atom. The van der Waals surface area contributed by atoms with Crippen LogP contribution >= 0.6 is 0 Å². The standard InChI is InChI=1S/C34H45FN6O9/c1-5-36-32(45)27-9-8-12-41(27)29(42)20-50-28-19-26(37-25-17-21(4)23(35)18-22(25)28)31(44)38-24(10-11-30(43)48-6-2)33(46)39-13-15-40(16-14-39)34(47)49-7-3/h17-19,24,27H,5-16,20H2,1-4H3,(H,36,45)(H,38,44)/t24-,27-/m0/s1. The monoisotopic (exact) mass is 700 g/mol. The van der Waals surface area contributed by atoms with Gasteiger partial charge in [-0.15, -0.1) is 0 Å². The molecule has 0 aliphatic carbocycles. The van der Waals surface area contributed by atoms with Crippen molar-refractivity contribution in [2.24, 2.45) is 0 Å². The Morgan fingerprint density at radius 1 is 0.960 bits per heavy atom. The molecular formula is C34H45FN6O9. The third kappa shape index (κ3) is 9.36. The first-order valence-corrected chi connectivity index (χ1v) is 16.9. The molecule has 2 aromatic rings. The highest BCUT2D eigenvalue weighted by molar-refractivity contribution is 5.99. The van der Waals surface area contributed by atoms with Gasteiger partial charge in [0.1, 0.15) is 29.3 Å². The molecule has 4 rings (SSSR count). The minimum absolute atomic E-state index is 0.00523. The summed E-state index contributed by atoms with van der Waals surface area (Å²) in [4.78, 5) is 86.3. The van der Waals surface area contributed by atoms with Crippen molar-refractivity contribution in [3.63, 3.8) is 0 Å². The average molecular weight is 701 g/mol. The van der Waals surface area contributed by atoms with Crippen molar-refractivity contribution in [2.75, 3.05) is 59.1 Å². The van der Waals surface area contributed by atoms with Gasteiger partial charge in [-0.2, -0.15) is 0 Å². The normalized spacial score (nSPS) is 16.5. The summed E-state index contributed by atoms with van der Waals surface area (Å²) >= 11 is 0. The van der Waals surface area contributed by atoms with Crippen molar-refractivity contribution in [3.05, 3.63) is 35.3 Å². The molecule has 2 fully saturated rings. The van der Waals surface area contributed by atoms with Gasteiger partial charge in [0.15, 0.2) is 6.61 Å². The number of hydrogen-bond acceptors (Lipinski definition) is 10. The van der Waals surface area contributed by atoms with Gasteiger partial charge in [0.05, 0.1) is 18.7 Å². The number of halogens is 1. The number of carbonyl (C=O) groups is 6. The van der Waals surface area contributed by atoms with Crippen LogP contribution in [0.3, 0.4) is 0 Å². The lowest BCUT2D eigenvalue weighted by atomic mass is 10.1. The molecule has 2 atom stereocenters.